The van der Waals surface area contributed by atoms with Crippen LogP contribution in [-0.4, -0.2) is 63.1 Å². The van der Waals surface area contributed by atoms with Crippen LogP contribution >= 0.6 is 0 Å². The van der Waals surface area contributed by atoms with Crippen LogP contribution < -0.4 is 10.1 Å². The molecule has 33 heavy (non-hydrogen) atoms. The van der Waals surface area contributed by atoms with Crippen LogP contribution in [0.5, 0.6) is 5.75 Å². The molecule has 0 saturated carbocycles. The fraction of sp³-hybridized carbons (Fsp3) is 0.391. The molecule has 1 fully saturated rings. The van der Waals surface area contributed by atoms with Gasteiger partial charge in [0.25, 0.3) is 5.91 Å². The number of sulfonamides is 1. The third kappa shape index (κ3) is 6.10. The Morgan fingerprint density at radius 1 is 1.09 bits per heavy atom. The van der Waals surface area contributed by atoms with E-state index in [-0.39, 0.29) is 35.8 Å². The van der Waals surface area contributed by atoms with E-state index >= 15 is 0 Å². The minimum absolute atomic E-state index is 0.0198. The van der Waals surface area contributed by atoms with Gasteiger partial charge < -0.3 is 19.5 Å². The summed E-state index contributed by atoms with van der Waals surface area (Å²) in [5, 5.41) is 2.65. The highest BCUT2D eigenvalue weighted by Gasteiger charge is 2.32. The van der Waals surface area contributed by atoms with Gasteiger partial charge in [-0.25, -0.2) is 13.2 Å². The van der Waals surface area contributed by atoms with Crippen molar-refractivity contribution in [2.75, 3.05) is 25.5 Å². The number of nitrogens with one attached hydrogen (secondary N) is 1. The summed E-state index contributed by atoms with van der Waals surface area (Å²) in [6, 6.07) is 12.3. The number of carbonyl (C=O) groups is 2. The average molecular weight is 477 g/mol. The lowest BCUT2D eigenvalue weighted by molar-refractivity contribution is -0.123. The van der Waals surface area contributed by atoms with E-state index in [2.05, 4.69) is 5.32 Å². The summed E-state index contributed by atoms with van der Waals surface area (Å²) in [5.41, 5.74) is 0.556. The fourth-order valence-electron chi connectivity index (χ4n) is 3.46. The first-order valence-electron chi connectivity index (χ1n) is 10.5. The third-order valence-electron chi connectivity index (χ3n) is 5.10. The van der Waals surface area contributed by atoms with Crippen molar-refractivity contribution in [2.24, 2.45) is 0 Å². The summed E-state index contributed by atoms with van der Waals surface area (Å²) in [6.07, 6.45) is -1.57. The number of anilines is 1. The highest BCUT2D eigenvalue weighted by Crippen LogP contribution is 2.22. The Labute approximate surface area is 193 Å². The molecule has 1 aliphatic rings. The van der Waals surface area contributed by atoms with E-state index < -0.39 is 28.0 Å². The molecule has 3 atom stereocenters. The number of rotatable bonds is 7. The maximum atomic E-state index is 13.1. The highest BCUT2D eigenvalue weighted by molar-refractivity contribution is 7.89. The number of methoxy groups -OCH3 is 1. The van der Waals surface area contributed by atoms with Gasteiger partial charge in [-0.15, -0.1) is 0 Å². The molecule has 0 bridgehead atoms. The minimum Gasteiger partial charge on any atom is -0.497 e. The van der Waals surface area contributed by atoms with Crippen molar-refractivity contribution < 1.29 is 32.2 Å². The maximum absolute atomic E-state index is 13.1. The number of carbonyl (C=O) groups excluding carboxylic acids is 2. The maximum Gasteiger partial charge on any atom is 0.338 e. The van der Waals surface area contributed by atoms with Crippen LogP contribution in [0.25, 0.3) is 0 Å². The Bertz CT molecular complexity index is 1090. The van der Waals surface area contributed by atoms with Crippen molar-refractivity contribution in [1.82, 2.24) is 4.31 Å². The van der Waals surface area contributed by atoms with E-state index in [1.807, 2.05) is 13.8 Å². The van der Waals surface area contributed by atoms with Gasteiger partial charge in [-0.3, -0.25) is 4.79 Å². The summed E-state index contributed by atoms with van der Waals surface area (Å²) in [7, 11) is -2.28. The van der Waals surface area contributed by atoms with Gasteiger partial charge in [0.05, 0.1) is 29.8 Å². The first-order valence-corrected chi connectivity index (χ1v) is 12.0. The van der Waals surface area contributed by atoms with Gasteiger partial charge in [-0.2, -0.15) is 4.31 Å². The molecule has 0 aromatic heterocycles. The van der Waals surface area contributed by atoms with Gasteiger partial charge in [0.2, 0.25) is 10.0 Å². The molecule has 2 aromatic rings. The monoisotopic (exact) mass is 476 g/mol. The molecular weight excluding hydrogens is 448 g/mol. The van der Waals surface area contributed by atoms with Crippen molar-refractivity contribution >= 4 is 27.6 Å². The number of ether oxygens (including phenoxy) is 3. The van der Waals surface area contributed by atoms with Crippen LogP contribution in [0.4, 0.5) is 5.69 Å². The molecule has 0 spiro atoms. The number of hydrogen-bond donors (Lipinski definition) is 1. The van der Waals surface area contributed by atoms with E-state index in [9.17, 15) is 18.0 Å². The molecule has 3 rings (SSSR count). The van der Waals surface area contributed by atoms with Crippen LogP contribution in [0, 0.1) is 0 Å². The predicted molar refractivity (Wildman–Crippen MR) is 122 cm³/mol. The van der Waals surface area contributed by atoms with E-state index in [4.69, 9.17) is 14.2 Å². The summed E-state index contributed by atoms with van der Waals surface area (Å²) < 4.78 is 43.4. The number of morpholine rings is 1. The number of benzene rings is 2. The quantitative estimate of drug-likeness (QED) is 0.612. The predicted octanol–water partition coefficient (Wildman–Crippen LogP) is 2.68. The summed E-state index contributed by atoms with van der Waals surface area (Å²) >= 11 is 0. The molecule has 9 nitrogen and oxygen atoms in total. The lowest BCUT2D eigenvalue weighted by atomic mass is 10.2. The molecule has 10 heteroatoms. The zero-order chi connectivity index (χ0) is 24.2. The topological polar surface area (TPSA) is 111 Å². The van der Waals surface area contributed by atoms with Crippen LogP contribution in [-0.2, 0) is 24.3 Å². The first kappa shape index (κ1) is 24.7. The molecule has 178 valence electrons. The molecule has 1 aliphatic heterocycles. The van der Waals surface area contributed by atoms with Crippen LogP contribution in [0.1, 0.15) is 31.1 Å². The number of esters is 1. The molecule has 2 aromatic carbocycles. The zero-order valence-electron chi connectivity index (χ0n) is 19.0. The molecule has 3 unspecified atom stereocenters. The second-order valence-corrected chi connectivity index (χ2v) is 9.81. The van der Waals surface area contributed by atoms with Crippen molar-refractivity contribution in [3.63, 3.8) is 0 Å². The lowest BCUT2D eigenvalue weighted by Crippen LogP contribution is -2.48. The van der Waals surface area contributed by atoms with Crippen LogP contribution in [0.15, 0.2) is 53.4 Å². The number of hydrogen-bond acceptors (Lipinski definition) is 7. The standard InChI is InChI=1S/C23H28N2O7S/c1-15-13-25(14-16(2)31-15)33(28,29)21-7-5-6-18(12-21)23(27)32-17(3)22(26)24-19-8-10-20(30-4)11-9-19/h5-12,15-17H,13-14H2,1-4H3,(H,24,26). The smallest absolute Gasteiger partial charge is 0.338 e. The van der Waals surface area contributed by atoms with Gasteiger partial charge in [0, 0.05) is 18.8 Å². The first-order chi connectivity index (χ1) is 15.6. The SMILES string of the molecule is COc1ccc(NC(=O)C(C)OC(=O)c2cccc(S(=O)(=O)N3CC(C)OC(C)C3)c2)cc1. The van der Waals surface area contributed by atoms with Gasteiger partial charge in [0.15, 0.2) is 6.10 Å². The third-order valence-corrected chi connectivity index (χ3v) is 6.93. The molecule has 0 radical (unpaired) electrons. The van der Waals surface area contributed by atoms with E-state index in [1.165, 1.54) is 42.6 Å². The summed E-state index contributed by atoms with van der Waals surface area (Å²) in [4.78, 5) is 25.0. The summed E-state index contributed by atoms with van der Waals surface area (Å²) in [5.74, 6) is -0.676. The number of nitrogens with zero attached hydrogens (tertiary/aromatic N) is 1. The Hall–Kier alpha value is -2.95. The second-order valence-electron chi connectivity index (χ2n) is 7.87. The van der Waals surface area contributed by atoms with Crippen molar-refractivity contribution in [2.45, 2.75) is 44.0 Å². The Kier molecular flexibility index (Phi) is 7.72. The van der Waals surface area contributed by atoms with Gasteiger partial charge in [0.1, 0.15) is 5.75 Å². The Morgan fingerprint density at radius 2 is 1.73 bits per heavy atom. The van der Waals surface area contributed by atoms with E-state index in [0.717, 1.165) is 0 Å². The van der Waals surface area contributed by atoms with E-state index in [0.29, 0.717) is 11.4 Å². The number of amides is 1. The molecule has 0 aliphatic carbocycles. The van der Waals surface area contributed by atoms with Crippen molar-refractivity contribution in [3.05, 3.63) is 54.1 Å². The van der Waals surface area contributed by atoms with Gasteiger partial charge in [-0.1, -0.05) is 6.07 Å². The van der Waals surface area contributed by atoms with Crippen molar-refractivity contribution in [3.8, 4) is 5.75 Å². The molecule has 1 saturated heterocycles. The summed E-state index contributed by atoms with van der Waals surface area (Å²) in [6.45, 7) is 5.51. The lowest BCUT2D eigenvalue weighted by Gasteiger charge is -2.34. The molecule has 1 N–H and O–H groups in total. The van der Waals surface area contributed by atoms with Gasteiger partial charge >= 0.3 is 5.97 Å². The van der Waals surface area contributed by atoms with Crippen LogP contribution in [0.3, 0.4) is 0 Å². The molecule has 1 amide bonds. The molecular formula is C23H28N2O7S. The zero-order valence-corrected chi connectivity index (χ0v) is 19.8. The normalized spacial score (nSPS) is 20.0. The van der Waals surface area contributed by atoms with Crippen molar-refractivity contribution in [1.29, 1.82) is 0 Å². The minimum atomic E-state index is -3.82. The fourth-order valence-corrected chi connectivity index (χ4v) is 5.10. The Balaban J connectivity index is 1.67. The van der Waals surface area contributed by atoms with Crippen LogP contribution in [0.2, 0.25) is 0 Å². The Morgan fingerprint density at radius 3 is 2.33 bits per heavy atom. The average Bonchev–Trinajstić information content (AvgIpc) is 2.79. The van der Waals surface area contributed by atoms with E-state index in [1.54, 1.807) is 24.3 Å². The largest absolute Gasteiger partial charge is 0.497 e. The second kappa shape index (κ2) is 10.3. The highest BCUT2D eigenvalue weighted by atomic mass is 32.2. The van der Waals surface area contributed by atoms with Gasteiger partial charge in [-0.05, 0) is 63.2 Å². The molecule has 1 heterocycles.